The van der Waals surface area contributed by atoms with Gasteiger partial charge in [-0.25, -0.2) is 9.97 Å². The van der Waals surface area contributed by atoms with Crippen molar-refractivity contribution in [3.63, 3.8) is 0 Å². The molecule has 0 amide bonds. The first-order chi connectivity index (χ1) is 7.22. The van der Waals surface area contributed by atoms with Gasteiger partial charge in [-0.2, -0.15) is 0 Å². The molecule has 1 aliphatic rings. The van der Waals surface area contributed by atoms with Crippen LogP contribution in [0, 0.1) is 5.92 Å². The Morgan fingerprint density at radius 2 is 2.20 bits per heavy atom. The molecule has 5 heteroatoms. The lowest BCUT2D eigenvalue weighted by Crippen LogP contribution is -2.34. The molecule has 0 saturated carbocycles. The Labute approximate surface area is 103 Å². The summed E-state index contributed by atoms with van der Waals surface area (Å²) in [6.07, 6.45) is 4.50. The molecule has 1 aromatic rings. The molecule has 2 heterocycles. The van der Waals surface area contributed by atoms with E-state index >= 15 is 0 Å². The van der Waals surface area contributed by atoms with E-state index in [2.05, 4.69) is 37.7 Å². The van der Waals surface area contributed by atoms with Gasteiger partial charge in [-0.15, -0.1) is 0 Å². The Morgan fingerprint density at radius 3 is 2.80 bits per heavy atom. The van der Waals surface area contributed by atoms with E-state index in [1.165, 1.54) is 6.42 Å². The Balaban J connectivity index is 2.20. The molecule has 2 rings (SSSR count). The molecule has 2 atom stereocenters. The van der Waals surface area contributed by atoms with Crippen LogP contribution in [0.1, 0.15) is 13.3 Å². The van der Waals surface area contributed by atoms with Gasteiger partial charge in [0.1, 0.15) is 0 Å². The van der Waals surface area contributed by atoms with Gasteiger partial charge < -0.3 is 4.90 Å². The lowest BCUT2D eigenvalue weighted by Gasteiger charge is -2.24. The quantitative estimate of drug-likeness (QED) is 0.784. The molecule has 0 bridgehead atoms. The Morgan fingerprint density at radius 1 is 1.53 bits per heavy atom. The van der Waals surface area contributed by atoms with Crippen LogP contribution in [0.3, 0.4) is 0 Å². The number of aromatic nitrogens is 2. The molecule has 15 heavy (non-hydrogen) atoms. The smallest absolute Gasteiger partial charge is 0.225 e. The molecule has 0 aliphatic carbocycles. The van der Waals surface area contributed by atoms with Crippen molar-refractivity contribution in [2.24, 2.45) is 5.92 Å². The summed E-state index contributed by atoms with van der Waals surface area (Å²) in [4.78, 5) is 10.8. The molecule has 2 unspecified atom stereocenters. The molecule has 82 valence electrons. The number of nitrogens with zero attached hydrogens (tertiary/aromatic N) is 3. The maximum Gasteiger partial charge on any atom is 0.225 e. The lowest BCUT2D eigenvalue weighted by molar-refractivity contribution is 0.551. The van der Waals surface area contributed by atoms with Gasteiger partial charge in [-0.1, -0.05) is 34.5 Å². The van der Waals surface area contributed by atoms with Crippen LogP contribution in [-0.2, 0) is 0 Å². The number of anilines is 1. The molecule has 0 spiro atoms. The molecule has 0 radical (unpaired) electrons. The Hall–Kier alpha value is -0.350. The highest BCUT2D eigenvalue weighted by Gasteiger charge is 2.31. The second-order valence-electron chi connectivity index (χ2n) is 3.88. The molecule has 1 aromatic heterocycles. The molecular formula is C10H13BrClN3. The van der Waals surface area contributed by atoms with E-state index in [4.69, 9.17) is 11.6 Å². The zero-order valence-corrected chi connectivity index (χ0v) is 10.9. The monoisotopic (exact) mass is 289 g/mol. The third-order valence-electron chi connectivity index (χ3n) is 2.90. The predicted octanol–water partition coefficient (Wildman–Crippen LogP) is 2.74. The minimum atomic E-state index is 0.492. The average molecular weight is 291 g/mol. The highest BCUT2D eigenvalue weighted by molar-refractivity contribution is 9.09. The normalized spacial score (nSPS) is 25.9. The summed E-state index contributed by atoms with van der Waals surface area (Å²) >= 11 is 9.31. The van der Waals surface area contributed by atoms with Crippen molar-refractivity contribution in [1.29, 1.82) is 0 Å². The van der Waals surface area contributed by atoms with E-state index in [1.54, 1.807) is 12.4 Å². The first-order valence-electron chi connectivity index (χ1n) is 5.02. The molecule has 3 nitrogen and oxygen atoms in total. The summed E-state index contributed by atoms with van der Waals surface area (Å²) in [5.41, 5.74) is 0. The lowest BCUT2D eigenvalue weighted by atomic mass is 10.1. The third-order valence-corrected chi connectivity index (χ3v) is 3.76. The summed E-state index contributed by atoms with van der Waals surface area (Å²) < 4.78 is 0. The van der Waals surface area contributed by atoms with Gasteiger partial charge in [-0.05, 0) is 12.3 Å². The van der Waals surface area contributed by atoms with Crippen LogP contribution in [0.2, 0.25) is 5.02 Å². The van der Waals surface area contributed by atoms with Crippen molar-refractivity contribution in [2.75, 3.05) is 16.8 Å². The van der Waals surface area contributed by atoms with Crippen LogP contribution in [0.25, 0.3) is 0 Å². The first-order valence-corrected chi connectivity index (χ1v) is 6.52. The number of rotatable bonds is 2. The third kappa shape index (κ3) is 2.26. The van der Waals surface area contributed by atoms with Crippen molar-refractivity contribution in [3.8, 4) is 0 Å². The SMILES string of the molecule is CC1CCN(c2ncc(Cl)cn2)C1CBr. The van der Waals surface area contributed by atoms with Crippen LogP contribution in [0.4, 0.5) is 5.95 Å². The van der Waals surface area contributed by atoms with E-state index in [0.717, 1.165) is 17.8 Å². The predicted molar refractivity (Wildman–Crippen MR) is 65.8 cm³/mol. The fraction of sp³-hybridized carbons (Fsp3) is 0.600. The topological polar surface area (TPSA) is 29.0 Å². The average Bonchev–Trinajstić information content (AvgIpc) is 2.61. The van der Waals surface area contributed by atoms with Gasteiger partial charge >= 0.3 is 0 Å². The molecule has 0 aromatic carbocycles. The van der Waals surface area contributed by atoms with Gasteiger partial charge in [0.25, 0.3) is 0 Å². The molecule has 0 N–H and O–H groups in total. The molecular weight excluding hydrogens is 277 g/mol. The van der Waals surface area contributed by atoms with Crippen molar-refractivity contribution in [3.05, 3.63) is 17.4 Å². The van der Waals surface area contributed by atoms with E-state index in [9.17, 15) is 0 Å². The van der Waals surface area contributed by atoms with Crippen molar-refractivity contribution >= 4 is 33.5 Å². The number of hydrogen-bond donors (Lipinski definition) is 0. The van der Waals surface area contributed by atoms with E-state index < -0.39 is 0 Å². The van der Waals surface area contributed by atoms with Crippen LogP contribution >= 0.6 is 27.5 Å². The van der Waals surface area contributed by atoms with Crippen LogP contribution in [0.5, 0.6) is 0 Å². The zero-order valence-electron chi connectivity index (χ0n) is 8.53. The van der Waals surface area contributed by atoms with Gasteiger partial charge in [0.15, 0.2) is 0 Å². The van der Waals surface area contributed by atoms with E-state index in [-0.39, 0.29) is 0 Å². The van der Waals surface area contributed by atoms with Gasteiger partial charge in [0.05, 0.1) is 17.4 Å². The van der Waals surface area contributed by atoms with Crippen LogP contribution < -0.4 is 4.90 Å². The zero-order chi connectivity index (χ0) is 10.8. The highest BCUT2D eigenvalue weighted by atomic mass is 79.9. The fourth-order valence-corrected chi connectivity index (χ4v) is 3.03. The van der Waals surface area contributed by atoms with Crippen molar-refractivity contribution < 1.29 is 0 Å². The van der Waals surface area contributed by atoms with Gasteiger partial charge in [0.2, 0.25) is 5.95 Å². The summed E-state index contributed by atoms with van der Waals surface area (Å²) in [7, 11) is 0. The first kappa shape index (κ1) is 11.1. The van der Waals surface area contributed by atoms with E-state index in [1.807, 2.05) is 0 Å². The Bertz CT molecular complexity index is 330. The highest BCUT2D eigenvalue weighted by Crippen LogP contribution is 2.28. The van der Waals surface area contributed by atoms with Crippen molar-refractivity contribution in [2.45, 2.75) is 19.4 Å². The maximum absolute atomic E-state index is 5.76. The summed E-state index contributed by atoms with van der Waals surface area (Å²) in [6.45, 7) is 3.29. The summed E-state index contributed by atoms with van der Waals surface area (Å²) in [6, 6.07) is 0.492. The van der Waals surface area contributed by atoms with Crippen LogP contribution in [-0.4, -0.2) is 27.9 Å². The standard InChI is InChI=1S/C10H13BrClN3/c1-7-2-3-15(9(7)4-11)10-13-5-8(12)6-14-10/h5-7,9H,2-4H2,1H3. The number of halogens is 2. The molecule has 1 aliphatic heterocycles. The number of hydrogen-bond acceptors (Lipinski definition) is 3. The van der Waals surface area contributed by atoms with E-state index in [0.29, 0.717) is 17.0 Å². The van der Waals surface area contributed by atoms with Crippen molar-refractivity contribution in [1.82, 2.24) is 9.97 Å². The fourth-order valence-electron chi connectivity index (χ4n) is 1.95. The second-order valence-corrected chi connectivity index (χ2v) is 4.97. The minimum absolute atomic E-state index is 0.492. The summed E-state index contributed by atoms with van der Waals surface area (Å²) in [5, 5.41) is 1.54. The number of alkyl halides is 1. The molecule has 1 saturated heterocycles. The largest absolute Gasteiger partial charge is 0.337 e. The summed E-state index contributed by atoms with van der Waals surface area (Å²) in [5.74, 6) is 1.47. The van der Waals surface area contributed by atoms with Gasteiger partial charge in [-0.3, -0.25) is 0 Å². The maximum atomic E-state index is 5.76. The van der Waals surface area contributed by atoms with Gasteiger partial charge in [0, 0.05) is 17.9 Å². The molecule has 1 fully saturated rings. The second kappa shape index (κ2) is 4.66. The minimum Gasteiger partial charge on any atom is -0.337 e. The Kier molecular flexibility index (Phi) is 3.46. The van der Waals surface area contributed by atoms with Crippen LogP contribution in [0.15, 0.2) is 12.4 Å².